The quantitative estimate of drug-likeness (QED) is 0.521. The maximum atomic E-state index is 10.9. The van der Waals surface area contributed by atoms with Gasteiger partial charge >= 0.3 is 0 Å². The molecule has 0 fully saturated rings. The van der Waals surface area contributed by atoms with Gasteiger partial charge in [0.05, 0.1) is 0 Å². The maximum Gasteiger partial charge on any atom is 0.204 e. The molecule has 1 rings (SSSR count). The molecule has 0 saturated heterocycles. The van der Waals surface area contributed by atoms with Gasteiger partial charge in [-0.2, -0.15) is 0 Å². The molecule has 0 saturated carbocycles. The Balaban J connectivity index is 2.67. The standard InChI is InChI=1S/C7H10N2O/c1-9(2)5-6-7(10)3-4-8-6/h3-5,8H,1-2H3. The van der Waals surface area contributed by atoms with Crippen molar-refractivity contribution in [2.75, 3.05) is 14.1 Å². The van der Waals surface area contributed by atoms with Gasteiger partial charge in [0.2, 0.25) is 5.78 Å². The van der Waals surface area contributed by atoms with Crippen LogP contribution in [-0.4, -0.2) is 24.8 Å². The highest BCUT2D eigenvalue weighted by Gasteiger charge is 2.09. The Labute approximate surface area is 60.0 Å². The summed E-state index contributed by atoms with van der Waals surface area (Å²) in [6.45, 7) is 0. The zero-order chi connectivity index (χ0) is 7.56. The fourth-order valence-electron chi connectivity index (χ4n) is 0.727. The largest absolute Gasteiger partial charge is 0.382 e. The molecule has 1 N–H and O–H groups in total. The van der Waals surface area contributed by atoms with Gasteiger partial charge < -0.3 is 10.2 Å². The molecule has 0 aromatic rings. The zero-order valence-corrected chi connectivity index (χ0v) is 6.09. The summed E-state index contributed by atoms with van der Waals surface area (Å²) in [7, 11) is 3.75. The van der Waals surface area contributed by atoms with E-state index in [0.717, 1.165) is 0 Å². The third kappa shape index (κ3) is 1.37. The lowest BCUT2D eigenvalue weighted by Crippen LogP contribution is -2.11. The summed E-state index contributed by atoms with van der Waals surface area (Å²) in [6, 6.07) is 0. The predicted molar refractivity (Wildman–Crippen MR) is 39.1 cm³/mol. The van der Waals surface area contributed by atoms with E-state index in [2.05, 4.69) is 5.32 Å². The van der Waals surface area contributed by atoms with Gasteiger partial charge in [0.25, 0.3) is 0 Å². The van der Waals surface area contributed by atoms with Crippen LogP contribution in [0.1, 0.15) is 0 Å². The molecular formula is C7H10N2O. The first-order valence-electron chi connectivity index (χ1n) is 3.06. The van der Waals surface area contributed by atoms with Crippen molar-refractivity contribution in [2.45, 2.75) is 0 Å². The molecule has 3 heteroatoms. The Morgan fingerprint density at radius 1 is 1.60 bits per heavy atom. The van der Waals surface area contributed by atoms with Gasteiger partial charge in [-0.15, -0.1) is 0 Å². The minimum Gasteiger partial charge on any atom is -0.382 e. The van der Waals surface area contributed by atoms with Gasteiger partial charge in [0, 0.05) is 32.6 Å². The lowest BCUT2D eigenvalue weighted by atomic mass is 10.3. The van der Waals surface area contributed by atoms with Crippen LogP contribution in [0.4, 0.5) is 0 Å². The Bertz CT molecular complexity index is 204. The number of hydrogen-bond acceptors (Lipinski definition) is 3. The molecule has 0 aromatic carbocycles. The van der Waals surface area contributed by atoms with Crippen LogP contribution in [0.15, 0.2) is 24.2 Å². The second-order valence-corrected chi connectivity index (χ2v) is 2.35. The first-order valence-corrected chi connectivity index (χ1v) is 3.06. The van der Waals surface area contributed by atoms with E-state index < -0.39 is 0 Å². The number of carbonyl (C=O) groups excluding carboxylic acids is 1. The molecular weight excluding hydrogens is 128 g/mol. The second kappa shape index (κ2) is 2.56. The number of rotatable bonds is 1. The fourth-order valence-corrected chi connectivity index (χ4v) is 0.727. The van der Waals surface area contributed by atoms with Crippen molar-refractivity contribution in [1.82, 2.24) is 10.2 Å². The smallest absolute Gasteiger partial charge is 0.204 e. The van der Waals surface area contributed by atoms with Crippen LogP contribution in [0.25, 0.3) is 0 Å². The molecule has 0 spiro atoms. The summed E-state index contributed by atoms with van der Waals surface area (Å²) in [4.78, 5) is 12.7. The normalized spacial score (nSPS) is 19.8. The lowest BCUT2D eigenvalue weighted by Gasteiger charge is -2.05. The summed E-state index contributed by atoms with van der Waals surface area (Å²) < 4.78 is 0. The van der Waals surface area contributed by atoms with Crippen LogP contribution in [0.5, 0.6) is 0 Å². The number of nitrogens with zero attached hydrogens (tertiary/aromatic N) is 1. The molecule has 0 amide bonds. The maximum absolute atomic E-state index is 10.9. The number of nitrogens with one attached hydrogen (secondary N) is 1. The molecule has 10 heavy (non-hydrogen) atoms. The fraction of sp³-hybridized carbons (Fsp3) is 0.286. The highest BCUT2D eigenvalue weighted by molar-refractivity contribution is 6.05. The Hall–Kier alpha value is -1.25. The zero-order valence-electron chi connectivity index (χ0n) is 6.09. The topological polar surface area (TPSA) is 32.3 Å². The number of ketones is 1. The third-order valence-corrected chi connectivity index (χ3v) is 1.13. The molecule has 0 atom stereocenters. The molecule has 1 heterocycles. The van der Waals surface area contributed by atoms with Crippen LogP contribution >= 0.6 is 0 Å². The summed E-state index contributed by atoms with van der Waals surface area (Å²) in [5.41, 5.74) is 0.630. The average Bonchev–Trinajstić information content (AvgIpc) is 2.15. The highest BCUT2D eigenvalue weighted by atomic mass is 16.1. The molecule has 0 aliphatic carbocycles. The lowest BCUT2D eigenvalue weighted by molar-refractivity contribution is -0.111. The minimum absolute atomic E-state index is 0.0358. The van der Waals surface area contributed by atoms with Crippen LogP contribution in [0, 0.1) is 0 Å². The van der Waals surface area contributed by atoms with E-state index in [-0.39, 0.29) is 5.78 Å². The highest BCUT2D eigenvalue weighted by Crippen LogP contribution is 2.00. The first-order chi connectivity index (χ1) is 4.70. The van der Waals surface area contributed by atoms with E-state index in [9.17, 15) is 4.79 Å². The molecule has 0 bridgehead atoms. The van der Waals surface area contributed by atoms with Crippen molar-refractivity contribution in [1.29, 1.82) is 0 Å². The summed E-state index contributed by atoms with van der Waals surface area (Å²) in [5.74, 6) is 0.0358. The third-order valence-electron chi connectivity index (χ3n) is 1.13. The van der Waals surface area contributed by atoms with Crippen molar-refractivity contribution in [3.8, 4) is 0 Å². The van der Waals surface area contributed by atoms with E-state index in [4.69, 9.17) is 0 Å². The van der Waals surface area contributed by atoms with Crippen molar-refractivity contribution in [2.24, 2.45) is 0 Å². The predicted octanol–water partition coefficient (Wildman–Crippen LogP) is 0.0754. The van der Waals surface area contributed by atoms with Crippen LogP contribution in [-0.2, 0) is 4.79 Å². The molecule has 1 aliphatic heterocycles. The SMILES string of the molecule is CN(C)C=C1NC=CC1=O. The van der Waals surface area contributed by atoms with Gasteiger partial charge in [-0.3, -0.25) is 4.79 Å². The molecule has 0 aromatic heterocycles. The average molecular weight is 138 g/mol. The van der Waals surface area contributed by atoms with E-state index >= 15 is 0 Å². The van der Waals surface area contributed by atoms with Gasteiger partial charge in [-0.25, -0.2) is 0 Å². The second-order valence-electron chi connectivity index (χ2n) is 2.35. The first kappa shape index (κ1) is 6.86. The Morgan fingerprint density at radius 2 is 2.30 bits per heavy atom. The van der Waals surface area contributed by atoms with Crippen molar-refractivity contribution >= 4 is 5.78 Å². The van der Waals surface area contributed by atoms with Gasteiger partial charge in [0.15, 0.2) is 0 Å². The van der Waals surface area contributed by atoms with Crippen LogP contribution in [0.3, 0.4) is 0 Å². The van der Waals surface area contributed by atoms with Crippen molar-refractivity contribution < 1.29 is 4.79 Å². The number of allylic oxidation sites excluding steroid dienone is 1. The molecule has 3 nitrogen and oxygen atoms in total. The van der Waals surface area contributed by atoms with E-state index in [1.54, 1.807) is 12.4 Å². The Morgan fingerprint density at radius 3 is 2.70 bits per heavy atom. The summed E-state index contributed by atoms with van der Waals surface area (Å²) in [6.07, 6.45) is 4.90. The van der Waals surface area contributed by atoms with E-state index in [1.165, 1.54) is 6.08 Å². The van der Waals surface area contributed by atoms with Crippen LogP contribution < -0.4 is 5.32 Å². The minimum atomic E-state index is 0.0358. The van der Waals surface area contributed by atoms with Crippen molar-refractivity contribution in [3.05, 3.63) is 24.2 Å². The molecule has 54 valence electrons. The summed E-state index contributed by atoms with van der Waals surface area (Å²) in [5, 5.41) is 2.83. The van der Waals surface area contributed by atoms with E-state index in [0.29, 0.717) is 5.70 Å². The molecule has 0 unspecified atom stereocenters. The Kier molecular flexibility index (Phi) is 1.76. The molecule has 1 aliphatic rings. The molecule has 0 radical (unpaired) electrons. The van der Waals surface area contributed by atoms with E-state index in [1.807, 2.05) is 19.0 Å². The monoisotopic (exact) mass is 138 g/mol. The van der Waals surface area contributed by atoms with Gasteiger partial charge in [-0.1, -0.05) is 0 Å². The number of carbonyl (C=O) groups is 1. The summed E-state index contributed by atoms with van der Waals surface area (Å²) >= 11 is 0. The van der Waals surface area contributed by atoms with Crippen LogP contribution in [0.2, 0.25) is 0 Å². The van der Waals surface area contributed by atoms with Crippen molar-refractivity contribution in [3.63, 3.8) is 0 Å². The number of hydrogen-bond donors (Lipinski definition) is 1. The van der Waals surface area contributed by atoms with Gasteiger partial charge in [-0.05, 0) is 0 Å². The van der Waals surface area contributed by atoms with Gasteiger partial charge in [0.1, 0.15) is 5.70 Å².